The lowest BCUT2D eigenvalue weighted by molar-refractivity contribution is 0.180. The van der Waals surface area contributed by atoms with Crippen LogP contribution in [0.5, 0.6) is 0 Å². The molecule has 0 aromatic carbocycles. The van der Waals surface area contributed by atoms with Crippen LogP contribution in [0.3, 0.4) is 0 Å². The first-order chi connectivity index (χ1) is 6.80. The molecule has 0 aromatic heterocycles. The van der Waals surface area contributed by atoms with Crippen molar-refractivity contribution >= 4 is 27.7 Å². The van der Waals surface area contributed by atoms with Gasteiger partial charge < -0.3 is 0 Å². The Morgan fingerprint density at radius 2 is 2.29 bits per heavy atom. The summed E-state index contributed by atoms with van der Waals surface area (Å²) in [4.78, 5) is 0. The Morgan fingerprint density at radius 3 is 2.79 bits per heavy atom. The molecule has 2 bridgehead atoms. The number of rotatable bonds is 5. The highest BCUT2D eigenvalue weighted by Gasteiger charge is 2.49. The van der Waals surface area contributed by atoms with Crippen molar-refractivity contribution in [2.75, 3.05) is 17.3 Å². The fourth-order valence-electron chi connectivity index (χ4n) is 3.66. The van der Waals surface area contributed by atoms with Gasteiger partial charge in [-0.05, 0) is 61.4 Å². The number of hydrogen-bond acceptors (Lipinski definition) is 1. The van der Waals surface area contributed by atoms with Gasteiger partial charge in [0.25, 0.3) is 0 Å². The standard InChI is InChI=1S/C12H21BrS/c1-14-6-2-5-12(9-13)8-10-3-4-11(12)7-10/h10-11H,2-9H2,1H3. The second-order valence-electron chi connectivity index (χ2n) is 5.17. The molecule has 0 N–H and O–H groups in total. The highest BCUT2D eigenvalue weighted by Crippen LogP contribution is 2.58. The van der Waals surface area contributed by atoms with Crippen molar-refractivity contribution in [1.82, 2.24) is 0 Å². The van der Waals surface area contributed by atoms with E-state index < -0.39 is 0 Å². The number of halogens is 1. The molecule has 2 fully saturated rings. The molecule has 3 atom stereocenters. The molecule has 2 aliphatic carbocycles. The van der Waals surface area contributed by atoms with Crippen molar-refractivity contribution in [2.45, 2.75) is 38.5 Å². The van der Waals surface area contributed by atoms with Gasteiger partial charge >= 0.3 is 0 Å². The maximum absolute atomic E-state index is 3.78. The molecule has 2 saturated carbocycles. The molecule has 0 saturated heterocycles. The van der Waals surface area contributed by atoms with Gasteiger partial charge in [0.1, 0.15) is 0 Å². The number of fused-ring (bicyclic) bond motifs is 2. The zero-order chi connectivity index (χ0) is 10.0. The summed E-state index contributed by atoms with van der Waals surface area (Å²) in [5, 5.41) is 1.26. The summed E-state index contributed by atoms with van der Waals surface area (Å²) in [6.45, 7) is 0. The topological polar surface area (TPSA) is 0 Å². The Labute approximate surface area is 101 Å². The lowest BCUT2D eigenvalue weighted by Gasteiger charge is -2.36. The molecule has 14 heavy (non-hydrogen) atoms. The molecule has 0 heterocycles. The predicted octanol–water partition coefficient (Wildman–Crippen LogP) is 4.33. The molecule has 0 amide bonds. The normalized spacial score (nSPS) is 40.7. The SMILES string of the molecule is CSCCCC1(CBr)CC2CCC1C2. The van der Waals surface area contributed by atoms with E-state index in [2.05, 4.69) is 22.2 Å². The van der Waals surface area contributed by atoms with E-state index in [1.807, 2.05) is 11.8 Å². The zero-order valence-corrected chi connectivity index (χ0v) is 11.5. The molecule has 0 spiro atoms. The van der Waals surface area contributed by atoms with Gasteiger partial charge in [-0.3, -0.25) is 0 Å². The molecule has 0 radical (unpaired) electrons. The molecular weight excluding hydrogens is 256 g/mol. The fourth-order valence-corrected chi connectivity index (χ4v) is 5.06. The molecule has 0 aliphatic heterocycles. The Kier molecular flexibility index (Phi) is 3.86. The Bertz CT molecular complexity index is 195. The first-order valence-electron chi connectivity index (χ1n) is 5.85. The third kappa shape index (κ3) is 2.02. The van der Waals surface area contributed by atoms with Crippen LogP contribution in [0.1, 0.15) is 38.5 Å². The first-order valence-corrected chi connectivity index (χ1v) is 8.37. The zero-order valence-electron chi connectivity index (χ0n) is 9.10. The van der Waals surface area contributed by atoms with E-state index in [1.54, 1.807) is 6.42 Å². The average molecular weight is 277 g/mol. The maximum Gasteiger partial charge on any atom is 0.00907 e. The molecule has 3 unspecified atom stereocenters. The molecule has 0 nitrogen and oxygen atoms in total. The van der Waals surface area contributed by atoms with E-state index >= 15 is 0 Å². The van der Waals surface area contributed by atoms with Crippen LogP contribution in [-0.2, 0) is 0 Å². The van der Waals surface area contributed by atoms with Crippen LogP contribution in [-0.4, -0.2) is 17.3 Å². The van der Waals surface area contributed by atoms with Gasteiger partial charge in [0.05, 0.1) is 0 Å². The minimum atomic E-state index is 0.707. The highest BCUT2D eigenvalue weighted by molar-refractivity contribution is 9.09. The van der Waals surface area contributed by atoms with Gasteiger partial charge in [0.2, 0.25) is 0 Å². The van der Waals surface area contributed by atoms with Crippen molar-refractivity contribution < 1.29 is 0 Å². The summed E-state index contributed by atoms with van der Waals surface area (Å²) in [6, 6.07) is 0. The van der Waals surface area contributed by atoms with Gasteiger partial charge in [-0.15, -0.1) is 0 Å². The van der Waals surface area contributed by atoms with Crippen LogP contribution in [0.2, 0.25) is 0 Å². The molecular formula is C12H21BrS. The second-order valence-corrected chi connectivity index (χ2v) is 6.72. The minimum Gasteiger partial charge on any atom is -0.165 e. The average Bonchev–Trinajstić information content (AvgIpc) is 2.78. The van der Waals surface area contributed by atoms with Crippen molar-refractivity contribution in [3.05, 3.63) is 0 Å². The predicted molar refractivity (Wildman–Crippen MR) is 69.3 cm³/mol. The second kappa shape index (κ2) is 4.78. The van der Waals surface area contributed by atoms with Gasteiger partial charge in [-0.1, -0.05) is 22.4 Å². The van der Waals surface area contributed by atoms with Crippen molar-refractivity contribution in [2.24, 2.45) is 17.3 Å². The minimum absolute atomic E-state index is 0.707. The van der Waals surface area contributed by atoms with Gasteiger partial charge in [-0.25, -0.2) is 0 Å². The first kappa shape index (κ1) is 11.3. The largest absolute Gasteiger partial charge is 0.165 e. The maximum atomic E-state index is 3.78. The van der Waals surface area contributed by atoms with Crippen LogP contribution in [0, 0.1) is 17.3 Å². The van der Waals surface area contributed by atoms with E-state index in [-0.39, 0.29) is 0 Å². The quantitative estimate of drug-likeness (QED) is 0.532. The van der Waals surface area contributed by atoms with E-state index in [4.69, 9.17) is 0 Å². The molecule has 82 valence electrons. The Morgan fingerprint density at radius 1 is 1.43 bits per heavy atom. The molecule has 0 aromatic rings. The summed E-state index contributed by atoms with van der Waals surface area (Å²) < 4.78 is 0. The van der Waals surface area contributed by atoms with Crippen molar-refractivity contribution in [3.8, 4) is 0 Å². The molecule has 2 heteroatoms. The van der Waals surface area contributed by atoms with Crippen LogP contribution in [0.15, 0.2) is 0 Å². The van der Waals surface area contributed by atoms with E-state index in [1.165, 1.54) is 43.2 Å². The van der Waals surface area contributed by atoms with Crippen LogP contribution < -0.4 is 0 Å². The Hall–Kier alpha value is 0.830. The van der Waals surface area contributed by atoms with Crippen LogP contribution in [0.25, 0.3) is 0 Å². The number of hydrogen-bond donors (Lipinski definition) is 0. The van der Waals surface area contributed by atoms with Crippen LogP contribution >= 0.6 is 27.7 Å². The molecule has 2 aliphatic rings. The fraction of sp³-hybridized carbons (Fsp3) is 1.00. The lowest BCUT2D eigenvalue weighted by atomic mass is 9.72. The van der Waals surface area contributed by atoms with E-state index in [0.29, 0.717) is 5.41 Å². The summed E-state index contributed by atoms with van der Waals surface area (Å²) >= 11 is 5.78. The van der Waals surface area contributed by atoms with Gasteiger partial charge in [-0.2, -0.15) is 11.8 Å². The Balaban J connectivity index is 1.90. The summed E-state index contributed by atoms with van der Waals surface area (Å²) in [5.41, 5.74) is 0.707. The van der Waals surface area contributed by atoms with Crippen molar-refractivity contribution in [1.29, 1.82) is 0 Å². The van der Waals surface area contributed by atoms with E-state index in [9.17, 15) is 0 Å². The molecule has 2 rings (SSSR count). The monoisotopic (exact) mass is 276 g/mol. The third-order valence-electron chi connectivity index (χ3n) is 4.39. The summed E-state index contributed by atoms with van der Waals surface area (Å²) in [7, 11) is 0. The van der Waals surface area contributed by atoms with Crippen LogP contribution in [0.4, 0.5) is 0 Å². The number of alkyl halides is 1. The number of thioether (sulfide) groups is 1. The van der Waals surface area contributed by atoms with Crippen molar-refractivity contribution in [3.63, 3.8) is 0 Å². The van der Waals surface area contributed by atoms with E-state index in [0.717, 1.165) is 11.8 Å². The van der Waals surface area contributed by atoms with Gasteiger partial charge in [0, 0.05) is 5.33 Å². The summed E-state index contributed by atoms with van der Waals surface area (Å²) in [6.07, 6.45) is 11.2. The smallest absolute Gasteiger partial charge is 0.00907 e. The van der Waals surface area contributed by atoms with Gasteiger partial charge in [0.15, 0.2) is 0 Å². The third-order valence-corrected chi connectivity index (χ3v) is 6.21. The lowest BCUT2D eigenvalue weighted by Crippen LogP contribution is -2.29. The summed E-state index contributed by atoms with van der Waals surface area (Å²) in [5.74, 6) is 3.51. The highest BCUT2D eigenvalue weighted by atomic mass is 79.9.